The Morgan fingerprint density at radius 3 is 2.45 bits per heavy atom. The summed E-state index contributed by atoms with van der Waals surface area (Å²) in [5.74, 6) is -0.740. The van der Waals surface area contributed by atoms with Gasteiger partial charge in [-0.1, -0.05) is 49.4 Å². The number of thiophene rings is 1. The molecule has 5 rings (SSSR count). The first-order valence-electron chi connectivity index (χ1n) is 17.0. The van der Waals surface area contributed by atoms with E-state index in [2.05, 4.69) is 22.0 Å². The number of carbonyl (C=O) groups is 4. The molecule has 4 amide bonds. The number of rotatable bonds is 11. The summed E-state index contributed by atoms with van der Waals surface area (Å²) < 4.78 is 11.0. The van der Waals surface area contributed by atoms with E-state index >= 15 is 0 Å². The third-order valence-corrected chi connectivity index (χ3v) is 10.5. The zero-order valence-electron chi connectivity index (χ0n) is 30.1. The zero-order chi connectivity index (χ0) is 38.1. The van der Waals surface area contributed by atoms with Gasteiger partial charge in [-0.15, -0.1) is 23.1 Å². The third-order valence-electron chi connectivity index (χ3n) is 8.06. The molecule has 0 bridgehead atoms. The summed E-state index contributed by atoms with van der Waals surface area (Å²) in [6.07, 6.45) is 2.11. The van der Waals surface area contributed by atoms with Gasteiger partial charge in [0, 0.05) is 33.1 Å². The second-order valence-electron chi connectivity index (χ2n) is 13.1. The SMILES string of the molecule is CCC(Sc1cccc(NC(=O)/C(=C\c2ccccc2OC)NC(=O)c2ccccc2)c1)C(=O)Nc1sc2c(c1C#N)CCN(C(=O)OC(C)(C)C)C2. The van der Waals surface area contributed by atoms with Crippen LogP contribution >= 0.6 is 23.1 Å². The Kier molecular flexibility index (Phi) is 12.6. The van der Waals surface area contributed by atoms with Crippen LogP contribution in [0.2, 0.25) is 0 Å². The van der Waals surface area contributed by atoms with E-state index in [1.54, 1.807) is 77.7 Å². The molecule has 0 saturated carbocycles. The van der Waals surface area contributed by atoms with Gasteiger partial charge in [-0.2, -0.15) is 5.26 Å². The molecule has 0 saturated heterocycles. The lowest BCUT2D eigenvalue weighted by Gasteiger charge is -2.29. The van der Waals surface area contributed by atoms with Crippen molar-refractivity contribution in [3.63, 3.8) is 0 Å². The minimum absolute atomic E-state index is 0.00776. The number of hydrogen-bond donors (Lipinski definition) is 3. The van der Waals surface area contributed by atoms with Gasteiger partial charge in [-0.25, -0.2) is 4.79 Å². The number of carbonyl (C=O) groups excluding carboxylic acids is 4. The number of methoxy groups -OCH3 is 1. The maximum Gasteiger partial charge on any atom is 0.410 e. The van der Waals surface area contributed by atoms with Crippen LogP contribution in [0.4, 0.5) is 15.5 Å². The lowest BCUT2D eigenvalue weighted by Crippen LogP contribution is -2.39. The van der Waals surface area contributed by atoms with Crippen molar-refractivity contribution in [3.8, 4) is 11.8 Å². The molecule has 4 aromatic rings. The molecule has 53 heavy (non-hydrogen) atoms. The van der Waals surface area contributed by atoms with E-state index in [0.717, 1.165) is 15.3 Å². The normalized spacial score (nSPS) is 13.2. The number of fused-ring (bicyclic) bond motifs is 1. The highest BCUT2D eigenvalue weighted by molar-refractivity contribution is 8.00. The summed E-state index contributed by atoms with van der Waals surface area (Å²) in [6, 6.07) is 25.1. The van der Waals surface area contributed by atoms with Crippen LogP contribution in [0.1, 0.15) is 66.0 Å². The molecular weight excluding hydrogens is 711 g/mol. The minimum atomic E-state index is -0.626. The van der Waals surface area contributed by atoms with Gasteiger partial charge in [-0.05, 0) is 81.7 Å². The van der Waals surface area contributed by atoms with Gasteiger partial charge < -0.3 is 30.3 Å². The van der Waals surface area contributed by atoms with Gasteiger partial charge in [0.25, 0.3) is 11.8 Å². The fraction of sp³-hybridized carbons (Fsp3) is 0.275. The van der Waals surface area contributed by atoms with E-state index < -0.39 is 28.8 Å². The van der Waals surface area contributed by atoms with Gasteiger partial charge >= 0.3 is 6.09 Å². The van der Waals surface area contributed by atoms with Crippen molar-refractivity contribution in [1.82, 2.24) is 10.2 Å². The molecule has 0 radical (unpaired) electrons. The topological polar surface area (TPSA) is 150 Å². The van der Waals surface area contributed by atoms with Crippen LogP contribution in [0.3, 0.4) is 0 Å². The highest BCUT2D eigenvalue weighted by atomic mass is 32.2. The monoisotopic (exact) mass is 751 g/mol. The van der Waals surface area contributed by atoms with Crippen LogP contribution in [0, 0.1) is 11.3 Å². The second kappa shape index (κ2) is 17.3. The minimum Gasteiger partial charge on any atom is -0.496 e. The predicted molar refractivity (Wildman–Crippen MR) is 208 cm³/mol. The highest BCUT2D eigenvalue weighted by Gasteiger charge is 2.31. The van der Waals surface area contributed by atoms with Crippen molar-refractivity contribution in [3.05, 3.63) is 112 Å². The lowest BCUT2D eigenvalue weighted by molar-refractivity contribution is -0.116. The number of para-hydroxylation sites is 1. The summed E-state index contributed by atoms with van der Waals surface area (Å²) in [5, 5.41) is 18.5. The Labute approximate surface area is 317 Å². The summed E-state index contributed by atoms with van der Waals surface area (Å²) >= 11 is 2.63. The first kappa shape index (κ1) is 38.6. The molecule has 3 aromatic carbocycles. The average Bonchev–Trinajstić information content (AvgIpc) is 3.49. The van der Waals surface area contributed by atoms with Gasteiger partial charge in [0.1, 0.15) is 28.1 Å². The number of ether oxygens (including phenoxy) is 2. The standard InChI is InChI=1S/C40H41N5O6S2/c1-6-33(37(48)44-38-30(23-41)29-19-20-45(24-34(29)53-38)39(49)51-40(2,3)4)52-28-17-12-16-27(22-28)42-36(47)31(21-26-15-10-11-18-32(26)50-5)43-35(46)25-13-8-7-9-14-25/h7-18,21-22,33H,6,19-20,24H2,1-5H3,(H,42,47)(H,43,46)(H,44,48)/b31-21+. The first-order valence-corrected chi connectivity index (χ1v) is 18.7. The number of nitriles is 1. The molecule has 13 heteroatoms. The summed E-state index contributed by atoms with van der Waals surface area (Å²) in [7, 11) is 1.53. The number of thioether (sulfide) groups is 1. The summed E-state index contributed by atoms with van der Waals surface area (Å²) in [5.41, 5.74) is 2.09. The Hall–Kier alpha value is -5.58. The number of amides is 4. The fourth-order valence-corrected chi connectivity index (χ4v) is 7.73. The average molecular weight is 752 g/mol. The second-order valence-corrected chi connectivity index (χ2v) is 15.5. The first-order chi connectivity index (χ1) is 25.4. The highest BCUT2D eigenvalue weighted by Crippen LogP contribution is 2.38. The van der Waals surface area contributed by atoms with Crippen molar-refractivity contribution in [2.75, 3.05) is 24.3 Å². The largest absolute Gasteiger partial charge is 0.496 e. The summed E-state index contributed by atoms with van der Waals surface area (Å²) in [6.45, 7) is 8.06. The maximum atomic E-state index is 13.7. The zero-order valence-corrected chi connectivity index (χ0v) is 31.8. The molecule has 11 nitrogen and oxygen atoms in total. The maximum absolute atomic E-state index is 13.7. The van der Waals surface area contributed by atoms with Gasteiger partial charge in [0.15, 0.2) is 0 Å². The Bertz CT molecular complexity index is 2070. The molecule has 1 aromatic heterocycles. The van der Waals surface area contributed by atoms with Crippen molar-refractivity contribution >= 4 is 63.7 Å². The molecule has 0 fully saturated rings. The smallest absolute Gasteiger partial charge is 0.410 e. The van der Waals surface area contributed by atoms with Crippen molar-refractivity contribution < 1.29 is 28.7 Å². The number of hydrogen-bond acceptors (Lipinski definition) is 9. The van der Waals surface area contributed by atoms with Gasteiger partial charge in [0.05, 0.1) is 24.5 Å². The molecule has 1 unspecified atom stereocenters. The van der Waals surface area contributed by atoms with E-state index in [1.807, 2.05) is 39.8 Å². The molecule has 2 heterocycles. The van der Waals surface area contributed by atoms with E-state index in [-0.39, 0.29) is 11.6 Å². The van der Waals surface area contributed by atoms with E-state index in [1.165, 1.54) is 30.2 Å². The van der Waals surface area contributed by atoms with Crippen molar-refractivity contribution in [2.45, 2.75) is 62.8 Å². The van der Waals surface area contributed by atoms with Crippen molar-refractivity contribution in [1.29, 1.82) is 5.26 Å². The van der Waals surface area contributed by atoms with Crippen LogP contribution in [-0.2, 0) is 27.3 Å². The van der Waals surface area contributed by atoms with Crippen molar-refractivity contribution in [2.24, 2.45) is 0 Å². The molecule has 0 aliphatic carbocycles. The van der Waals surface area contributed by atoms with Crippen LogP contribution in [-0.4, -0.2) is 53.2 Å². The molecule has 0 spiro atoms. The van der Waals surface area contributed by atoms with Crippen LogP contribution in [0.5, 0.6) is 5.75 Å². The molecule has 1 aliphatic rings. The van der Waals surface area contributed by atoms with Crippen LogP contribution in [0.15, 0.2) is 89.5 Å². The third kappa shape index (κ3) is 10.1. The Morgan fingerprint density at radius 1 is 1.02 bits per heavy atom. The molecule has 3 N–H and O–H groups in total. The molecule has 1 atom stereocenters. The van der Waals surface area contributed by atoms with Crippen LogP contribution < -0.4 is 20.7 Å². The lowest BCUT2D eigenvalue weighted by atomic mass is 10.0. The molecule has 1 aliphatic heterocycles. The number of benzene rings is 3. The number of nitrogens with zero attached hydrogens (tertiary/aromatic N) is 2. The summed E-state index contributed by atoms with van der Waals surface area (Å²) in [4.78, 5) is 56.3. The fourth-order valence-electron chi connectivity index (χ4n) is 5.50. The van der Waals surface area contributed by atoms with Gasteiger partial charge in [-0.3, -0.25) is 14.4 Å². The van der Waals surface area contributed by atoms with E-state index in [9.17, 15) is 24.4 Å². The van der Waals surface area contributed by atoms with Crippen LogP contribution in [0.25, 0.3) is 6.08 Å². The van der Waals surface area contributed by atoms with Gasteiger partial charge in [0.2, 0.25) is 5.91 Å². The molecule has 274 valence electrons. The quantitative estimate of drug-likeness (QED) is 0.104. The Morgan fingerprint density at radius 2 is 1.75 bits per heavy atom. The number of anilines is 2. The molecular formula is C40H41N5O6S2. The number of nitrogens with one attached hydrogen (secondary N) is 3. The van der Waals surface area contributed by atoms with E-state index in [4.69, 9.17) is 9.47 Å². The van der Waals surface area contributed by atoms with E-state index in [0.29, 0.717) is 59.1 Å². The Balaban J connectivity index is 1.29. The predicted octanol–water partition coefficient (Wildman–Crippen LogP) is 7.84.